The lowest BCUT2D eigenvalue weighted by Crippen LogP contribution is -2.22. The molecule has 0 amide bonds. The van der Waals surface area contributed by atoms with Crippen LogP contribution in [-0.4, -0.2) is 15.9 Å². The number of benzene rings is 1. The van der Waals surface area contributed by atoms with Gasteiger partial charge in [0.15, 0.2) is 5.96 Å². The average molecular weight is 243 g/mol. The van der Waals surface area contributed by atoms with Crippen LogP contribution in [0.15, 0.2) is 23.2 Å². The van der Waals surface area contributed by atoms with Gasteiger partial charge in [0.1, 0.15) is 0 Å². The molecule has 0 unspecified atom stereocenters. The van der Waals surface area contributed by atoms with Gasteiger partial charge in [0.05, 0.1) is 16.6 Å². The van der Waals surface area contributed by atoms with Crippen molar-refractivity contribution in [2.45, 2.75) is 6.18 Å². The highest BCUT2D eigenvalue weighted by Crippen LogP contribution is 2.31. The van der Waals surface area contributed by atoms with Crippen molar-refractivity contribution in [2.24, 2.45) is 16.5 Å². The molecule has 90 valence electrons. The summed E-state index contributed by atoms with van der Waals surface area (Å²) in [7, 11) is 0. The number of aliphatic imine (C=N–C) groups is 1. The molecule has 0 aliphatic heterocycles. The lowest BCUT2D eigenvalue weighted by atomic mass is 10.2. The van der Waals surface area contributed by atoms with E-state index in [1.54, 1.807) is 0 Å². The molecule has 0 saturated carbocycles. The van der Waals surface area contributed by atoms with E-state index >= 15 is 0 Å². The lowest BCUT2D eigenvalue weighted by molar-refractivity contribution is -0.137. The van der Waals surface area contributed by atoms with Crippen LogP contribution in [0.5, 0.6) is 0 Å². The number of hydrogen-bond donors (Lipinski definition) is 3. The van der Waals surface area contributed by atoms with Gasteiger partial charge in [-0.1, -0.05) is 0 Å². The number of halogens is 3. The molecule has 0 aliphatic rings. The molecule has 1 aromatic carbocycles. The van der Waals surface area contributed by atoms with E-state index in [2.05, 4.69) is 15.0 Å². The SMILES string of the molecule is NC(N)=Nc1nc2ccc(C(F)(F)F)cc2[nH]1. The summed E-state index contributed by atoms with van der Waals surface area (Å²) in [4.78, 5) is 10.1. The molecule has 17 heavy (non-hydrogen) atoms. The Morgan fingerprint density at radius 1 is 1.29 bits per heavy atom. The second-order valence-corrected chi connectivity index (χ2v) is 3.33. The largest absolute Gasteiger partial charge is 0.416 e. The number of hydrogen-bond acceptors (Lipinski definition) is 2. The number of alkyl halides is 3. The first-order valence-corrected chi connectivity index (χ1v) is 4.53. The van der Waals surface area contributed by atoms with E-state index in [-0.39, 0.29) is 17.4 Å². The summed E-state index contributed by atoms with van der Waals surface area (Å²) in [5.74, 6) is -0.153. The Morgan fingerprint density at radius 2 is 2.00 bits per heavy atom. The molecule has 0 bridgehead atoms. The summed E-state index contributed by atoms with van der Waals surface area (Å²) in [5.41, 5.74) is 10.1. The molecule has 0 atom stereocenters. The fourth-order valence-electron chi connectivity index (χ4n) is 1.35. The predicted molar refractivity (Wildman–Crippen MR) is 56.6 cm³/mol. The molecule has 8 heteroatoms. The van der Waals surface area contributed by atoms with Gasteiger partial charge in [-0.25, -0.2) is 4.98 Å². The molecule has 0 aliphatic carbocycles. The van der Waals surface area contributed by atoms with Crippen molar-refractivity contribution >= 4 is 22.9 Å². The van der Waals surface area contributed by atoms with Gasteiger partial charge in [0, 0.05) is 0 Å². The first-order chi connectivity index (χ1) is 7.86. The van der Waals surface area contributed by atoms with Crippen molar-refractivity contribution in [3.63, 3.8) is 0 Å². The molecule has 2 aromatic rings. The Balaban J connectivity index is 2.52. The van der Waals surface area contributed by atoms with Crippen molar-refractivity contribution in [1.82, 2.24) is 9.97 Å². The molecule has 2 rings (SSSR count). The summed E-state index contributed by atoms with van der Waals surface area (Å²) >= 11 is 0. The van der Waals surface area contributed by atoms with Gasteiger partial charge in [-0.3, -0.25) is 0 Å². The minimum Gasteiger partial charge on any atom is -0.370 e. The van der Waals surface area contributed by atoms with Gasteiger partial charge in [-0.2, -0.15) is 18.2 Å². The van der Waals surface area contributed by atoms with Crippen LogP contribution >= 0.6 is 0 Å². The second kappa shape index (κ2) is 3.65. The molecule has 0 saturated heterocycles. The standard InChI is InChI=1S/C9H8F3N5/c10-9(11,12)4-1-2-5-6(3-4)16-8(15-5)17-7(13)14/h1-3H,(H5,13,14,15,16,17). The summed E-state index contributed by atoms with van der Waals surface area (Å²) in [6.45, 7) is 0. The van der Waals surface area contributed by atoms with Crippen LogP contribution in [0.25, 0.3) is 11.0 Å². The van der Waals surface area contributed by atoms with Crippen LogP contribution in [0.1, 0.15) is 5.56 Å². The average Bonchev–Trinajstić information content (AvgIpc) is 2.55. The molecule has 1 aromatic heterocycles. The molecule has 1 heterocycles. The second-order valence-electron chi connectivity index (χ2n) is 3.33. The van der Waals surface area contributed by atoms with E-state index in [0.29, 0.717) is 5.52 Å². The summed E-state index contributed by atoms with van der Waals surface area (Å²) in [6, 6.07) is 3.15. The third-order valence-corrected chi connectivity index (χ3v) is 2.03. The topological polar surface area (TPSA) is 93.1 Å². The molecular formula is C9H8F3N5. The number of aromatic nitrogens is 2. The minimum absolute atomic E-state index is 0.0688. The van der Waals surface area contributed by atoms with Crippen LogP contribution in [0.2, 0.25) is 0 Å². The zero-order valence-electron chi connectivity index (χ0n) is 8.42. The molecular weight excluding hydrogens is 235 g/mol. The quantitative estimate of drug-likeness (QED) is 0.523. The van der Waals surface area contributed by atoms with Crippen molar-refractivity contribution < 1.29 is 13.2 Å². The summed E-state index contributed by atoms with van der Waals surface area (Å²) < 4.78 is 37.3. The van der Waals surface area contributed by atoms with Crippen molar-refractivity contribution in [1.29, 1.82) is 0 Å². The third-order valence-electron chi connectivity index (χ3n) is 2.03. The number of imidazole rings is 1. The predicted octanol–water partition coefficient (Wildman–Crippen LogP) is 1.49. The number of nitrogens with one attached hydrogen (secondary N) is 1. The maximum absolute atomic E-state index is 12.4. The highest BCUT2D eigenvalue weighted by molar-refractivity contribution is 5.81. The van der Waals surface area contributed by atoms with Crippen molar-refractivity contribution in [3.8, 4) is 0 Å². The number of guanidine groups is 1. The van der Waals surface area contributed by atoms with Gasteiger partial charge in [0.25, 0.3) is 0 Å². The third kappa shape index (κ3) is 2.30. The molecule has 5 nitrogen and oxygen atoms in total. The Kier molecular flexibility index (Phi) is 2.41. The van der Waals surface area contributed by atoms with E-state index in [0.717, 1.165) is 12.1 Å². The van der Waals surface area contributed by atoms with E-state index < -0.39 is 11.7 Å². The Bertz CT molecular complexity index is 580. The lowest BCUT2D eigenvalue weighted by Gasteiger charge is -2.04. The molecule has 0 radical (unpaired) electrons. The van der Waals surface area contributed by atoms with Crippen LogP contribution in [-0.2, 0) is 6.18 Å². The van der Waals surface area contributed by atoms with E-state index in [4.69, 9.17) is 11.5 Å². The van der Waals surface area contributed by atoms with Gasteiger partial charge in [-0.05, 0) is 18.2 Å². The summed E-state index contributed by atoms with van der Waals surface area (Å²) in [6.07, 6.45) is -4.39. The van der Waals surface area contributed by atoms with Gasteiger partial charge >= 0.3 is 6.18 Å². The van der Waals surface area contributed by atoms with Gasteiger partial charge in [-0.15, -0.1) is 0 Å². The van der Waals surface area contributed by atoms with Crippen LogP contribution < -0.4 is 11.5 Å². The number of nitrogens with zero attached hydrogens (tertiary/aromatic N) is 2. The monoisotopic (exact) mass is 243 g/mol. The first-order valence-electron chi connectivity index (χ1n) is 4.53. The Hall–Kier alpha value is -2.25. The number of H-pyrrole nitrogens is 1. The fourth-order valence-corrected chi connectivity index (χ4v) is 1.35. The van der Waals surface area contributed by atoms with Crippen LogP contribution in [0.4, 0.5) is 19.1 Å². The van der Waals surface area contributed by atoms with Gasteiger partial charge in [0.2, 0.25) is 5.95 Å². The van der Waals surface area contributed by atoms with Crippen molar-refractivity contribution in [3.05, 3.63) is 23.8 Å². The molecule has 0 fully saturated rings. The number of aromatic amines is 1. The zero-order valence-corrected chi connectivity index (χ0v) is 8.42. The van der Waals surface area contributed by atoms with E-state index in [1.807, 2.05) is 0 Å². The molecule has 5 N–H and O–H groups in total. The normalized spacial score (nSPS) is 11.7. The summed E-state index contributed by atoms with van der Waals surface area (Å²) in [5, 5.41) is 0. The van der Waals surface area contributed by atoms with E-state index in [9.17, 15) is 13.2 Å². The Morgan fingerprint density at radius 3 is 2.59 bits per heavy atom. The van der Waals surface area contributed by atoms with Crippen LogP contribution in [0, 0.1) is 0 Å². The van der Waals surface area contributed by atoms with Gasteiger partial charge < -0.3 is 16.5 Å². The highest BCUT2D eigenvalue weighted by Gasteiger charge is 2.30. The molecule has 0 spiro atoms. The van der Waals surface area contributed by atoms with E-state index in [1.165, 1.54) is 6.07 Å². The van der Waals surface area contributed by atoms with Crippen molar-refractivity contribution in [2.75, 3.05) is 0 Å². The first kappa shape index (κ1) is 11.2. The Labute approximate surface area is 93.3 Å². The fraction of sp³-hybridized carbons (Fsp3) is 0.111. The van der Waals surface area contributed by atoms with Crippen LogP contribution in [0.3, 0.4) is 0 Å². The maximum Gasteiger partial charge on any atom is 0.416 e. The smallest absolute Gasteiger partial charge is 0.370 e. The maximum atomic E-state index is 12.4. The zero-order chi connectivity index (χ0) is 12.6. The number of nitrogens with two attached hydrogens (primary N) is 2. The number of rotatable bonds is 1. The minimum atomic E-state index is -4.39. The highest BCUT2D eigenvalue weighted by atomic mass is 19.4. The number of fused-ring (bicyclic) bond motifs is 1.